The lowest BCUT2D eigenvalue weighted by atomic mass is 10.1. The van der Waals surface area contributed by atoms with Gasteiger partial charge in [0.1, 0.15) is 24.1 Å². The lowest BCUT2D eigenvalue weighted by Gasteiger charge is -2.15. The van der Waals surface area contributed by atoms with Gasteiger partial charge in [-0.3, -0.25) is 9.36 Å². The van der Waals surface area contributed by atoms with E-state index in [0.29, 0.717) is 46.9 Å². The maximum Gasteiger partial charge on any atom is 0.234 e. The molecule has 4 rings (SSSR count). The van der Waals surface area contributed by atoms with Crippen LogP contribution in [0.15, 0.2) is 36.7 Å². The molecule has 2 atom stereocenters. The van der Waals surface area contributed by atoms with Crippen LogP contribution < -0.4 is 10.6 Å². The summed E-state index contributed by atoms with van der Waals surface area (Å²) in [5, 5.41) is 6.50. The molecule has 3 aromatic rings. The van der Waals surface area contributed by atoms with Crippen molar-refractivity contribution in [3.8, 4) is 11.8 Å². The molecule has 1 aromatic heterocycles. The summed E-state index contributed by atoms with van der Waals surface area (Å²) in [4.78, 5) is 21.4. The molecule has 2 heterocycles. The lowest BCUT2D eigenvalue weighted by Crippen LogP contribution is -2.18. The maximum absolute atomic E-state index is 13.6. The van der Waals surface area contributed by atoms with E-state index >= 15 is 0 Å². The minimum absolute atomic E-state index is 0.0296. The van der Waals surface area contributed by atoms with Gasteiger partial charge in [-0.2, -0.15) is 0 Å². The van der Waals surface area contributed by atoms with E-state index in [1.807, 2.05) is 0 Å². The van der Waals surface area contributed by atoms with Gasteiger partial charge in [-0.25, -0.2) is 14.4 Å². The quantitative estimate of drug-likeness (QED) is 0.310. The lowest BCUT2D eigenvalue weighted by molar-refractivity contribution is -0.114. The Morgan fingerprint density at radius 3 is 2.89 bits per heavy atom. The first-order valence-electron chi connectivity index (χ1n) is 11.3. The second-order valence-corrected chi connectivity index (χ2v) is 11.4. The second-order valence-electron chi connectivity index (χ2n) is 8.36. The molecule has 2 unspecified atom stereocenters. The Kier molecular flexibility index (Phi) is 8.22. The largest absolute Gasteiger partial charge is 0.380 e. The predicted molar refractivity (Wildman–Crippen MR) is 139 cm³/mol. The van der Waals surface area contributed by atoms with Crippen LogP contribution in [-0.2, 0) is 18.6 Å². The standard InChI is InChI=1S/C25H25ClFN4O4P/c1-3-35-36(2,33)14-24(32)31-22-12-19-23(10-17(22)5-4-16-8-9-34-13-16)28-15-29-25(19)30-18-6-7-21(27)20(26)11-18/h6-7,10-12,15-16H,3,8-9,13-14H2,1-2H3,(H,31,32)(H,28,29,30). The highest BCUT2D eigenvalue weighted by molar-refractivity contribution is 7.59. The molecule has 1 saturated heterocycles. The summed E-state index contributed by atoms with van der Waals surface area (Å²) >= 11 is 5.91. The summed E-state index contributed by atoms with van der Waals surface area (Å²) in [6, 6.07) is 7.70. The molecule has 1 aliphatic heterocycles. The highest BCUT2D eigenvalue weighted by Gasteiger charge is 2.21. The zero-order valence-electron chi connectivity index (χ0n) is 19.8. The Morgan fingerprint density at radius 2 is 2.17 bits per heavy atom. The van der Waals surface area contributed by atoms with E-state index in [1.165, 1.54) is 31.2 Å². The monoisotopic (exact) mass is 530 g/mol. The Hall–Kier alpha value is -3.02. The van der Waals surface area contributed by atoms with Crippen LogP contribution in [-0.4, -0.2) is 48.5 Å². The number of ether oxygens (including phenoxy) is 1. The predicted octanol–water partition coefficient (Wildman–Crippen LogP) is 5.44. The Balaban J connectivity index is 1.72. The molecule has 2 aromatic carbocycles. The van der Waals surface area contributed by atoms with Gasteiger partial charge in [0, 0.05) is 30.3 Å². The highest BCUT2D eigenvalue weighted by Crippen LogP contribution is 2.42. The van der Waals surface area contributed by atoms with Crippen LogP contribution in [0.25, 0.3) is 10.9 Å². The minimum atomic E-state index is -3.09. The maximum atomic E-state index is 13.6. The van der Waals surface area contributed by atoms with Gasteiger partial charge in [-0.1, -0.05) is 23.4 Å². The second kappa shape index (κ2) is 11.4. The number of anilines is 3. The van der Waals surface area contributed by atoms with E-state index in [0.717, 1.165) is 6.42 Å². The molecule has 0 saturated carbocycles. The van der Waals surface area contributed by atoms with E-state index < -0.39 is 19.1 Å². The van der Waals surface area contributed by atoms with E-state index in [2.05, 4.69) is 32.4 Å². The molecular weight excluding hydrogens is 506 g/mol. The van der Waals surface area contributed by atoms with Crippen LogP contribution in [0.5, 0.6) is 0 Å². The van der Waals surface area contributed by atoms with Crippen LogP contribution in [0.3, 0.4) is 0 Å². The third-order valence-corrected chi connectivity index (χ3v) is 7.36. The molecule has 0 spiro atoms. The minimum Gasteiger partial charge on any atom is -0.380 e. The number of carbonyl (C=O) groups is 1. The number of hydrogen-bond donors (Lipinski definition) is 2. The average Bonchev–Trinajstić information content (AvgIpc) is 3.34. The molecule has 36 heavy (non-hydrogen) atoms. The summed E-state index contributed by atoms with van der Waals surface area (Å²) in [6.45, 7) is 4.63. The van der Waals surface area contributed by atoms with E-state index in [4.69, 9.17) is 20.9 Å². The number of halogens is 2. The summed E-state index contributed by atoms with van der Waals surface area (Å²) in [5.74, 6) is 5.87. The normalized spacial score (nSPS) is 16.7. The zero-order valence-corrected chi connectivity index (χ0v) is 21.5. The first kappa shape index (κ1) is 26.1. The number of rotatable bonds is 7. The molecule has 2 N–H and O–H groups in total. The topological polar surface area (TPSA) is 102 Å². The van der Waals surface area contributed by atoms with Crippen molar-refractivity contribution in [1.82, 2.24) is 9.97 Å². The van der Waals surface area contributed by atoms with Crippen LogP contribution in [0, 0.1) is 23.6 Å². The molecular formula is C25H25ClFN4O4P. The summed E-state index contributed by atoms with van der Waals surface area (Å²) in [5.41, 5.74) is 2.09. The first-order chi connectivity index (χ1) is 17.2. The SMILES string of the molecule is CCOP(C)(=O)CC(=O)Nc1cc2c(Nc3ccc(F)c(Cl)c3)ncnc2cc1C#CC1CCOC1. The van der Waals surface area contributed by atoms with Gasteiger partial charge < -0.3 is 19.9 Å². The molecule has 188 valence electrons. The van der Waals surface area contributed by atoms with E-state index in [9.17, 15) is 13.8 Å². The fraction of sp³-hybridized carbons (Fsp3) is 0.320. The highest BCUT2D eigenvalue weighted by atomic mass is 35.5. The van der Waals surface area contributed by atoms with Crippen molar-refractivity contribution in [2.24, 2.45) is 5.92 Å². The molecule has 1 aliphatic rings. The van der Waals surface area contributed by atoms with E-state index in [-0.39, 0.29) is 23.7 Å². The average molecular weight is 531 g/mol. The van der Waals surface area contributed by atoms with Crippen LogP contribution in [0.4, 0.5) is 21.6 Å². The molecule has 0 aliphatic carbocycles. The Labute approximate surface area is 213 Å². The number of aromatic nitrogens is 2. The number of nitrogens with one attached hydrogen (secondary N) is 2. The van der Waals surface area contributed by atoms with Gasteiger partial charge >= 0.3 is 0 Å². The van der Waals surface area contributed by atoms with Crippen molar-refractivity contribution in [2.45, 2.75) is 13.3 Å². The van der Waals surface area contributed by atoms with Crippen molar-refractivity contribution in [2.75, 3.05) is 43.3 Å². The first-order valence-corrected chi connectivity index (χ1v) is 14.0. The van der Waals surface area contributed by atoms with Crippen LogP contribution in [0.1, 0.15) is 18.9 Å². The summed E-state index contributed by atoms with van der Waals surface area (Å²) < 4.78 is 36.8. The van der Waals surface area contributed by atoms with Gasteiger partial charge in [0.15, 0.2) is 0 Å². The molecule has 11 heteroatoms. The summed E-state index contributed by atoms with van der Waals surface area (Å²) in [6.07, 6.45) is 1.96. The van der Waals surface area contributed by atoms with Gasteiger partial charge in [-0.15, -0.1) is 0 Å². The number of nitrogens with zero attached hydrogens (tertiary/aromatic N) is 2. The molecule has 8 nitrogen and oxygen atoms in total. The molecule has 0 radical (unpaired) electrons. The number of carbonyl (C=O) groups excluding carboxylic acids is 1. The smallest absolute Gasteiger partial charge is 0.234 e. The fourth-order valence-electron chi connectivity index (χ4n) is 3.72. The van der Waals surface area contributed by atoms with Crippen molar-refractivity contribution < 1.29 is 23.0 Å². The molecule has 0 bridgehead atoms. The zero-order chi connectivity index (χ0) is 25.7. The number of benzene rings is 2. The number of amides is 1. The third kappa shape index (κ3) is 6.59. The van der Waals surface area contributed by atoms with Gasteiger partial charge in [0.05, 0.1) is 35.0 Å². The van der Waals surface area contributed by atoms with Crippen molar-refractivity contribution in [1.29, 1.82) is 0 Å². The fourth-order valence-corrected chi connectivity index (χ4v) is 5.14. The van der Waals surface area contributed by atoms with Crippen LogP contribution in [0.2, 0.25) is 5.02 Å². The van der Waals surface area contributed by atoms with Gasteiger partial charge in [0.2, 0.25) is 13.3 Å². The van der Waals surface area contributed by atoms with Crippen molar-refractivity contribution in [3.63, 3.8) is 0 Å². The van der Waals surface area contributed by atoms with Crippen LogP contribution >= 0.6 is 19.0 Å². The number of hydrogen-bond acceptors (Lipinski definition) is 7. The Morgan fingerprint density at radius 1 is 1.33 bits per heavy atom. The summed E-state index contributed by atoms with van der Waals surface area (Å²) in [7, 11) is -3.09. The van der Waals surface area contributed by atoms with Crippen molar-refractivity contribution in [3.05, 3.63) is 53.1 Å². The number of fused-ring (bicyclic) bond motifs is 1. The Bertz CT molecular complexity index is 1400. The molecule has 1 amide bonds. The third-order valence-electron chi connectivity index (χ3n) is 5.40. The molecule has 1 fully saturated rings. The van der Waals surface area contributed by atoms with Crippen molar-refractivity contribution >= 4 is 53.0 Å². The van der Waals surface area contributed by atoms with Gasteiger partial charge in [-0.05, 0) is 43.7 Å². The van der Waals surface area contributed by atoms with E-state index in [1.54, 1.807) is 19.1 Å². The van der Waals surface area contributed by atoms with Gasteiger partial charge in [0.25, 0.3) is 0 Å².